The van der Waals surface area contributed by atoms with Crippen LogP contribution in [0, 0.1) is 20.8 Å². The first kappa shape index (κ1) is 20.2. The summed E-state index contributed by atoms with van der Waals surface area (Å²) in [6, 6.07) is 8.45. The van der Waals surface area contributed by atoms with Crippen LogP contribution in [0.4, 0.5) is 0 Å². The molecule has 8 heteroatoms. The minimum Gasteiger partial charge on any atom is -0.496 e. The lowest BCUT2D eigenvalue weighted by molar-refractivity contribution is 0.0468. The van der Waals surface area contributed by atoms with Crippen molar-refractivity contribution in [3.8, 4) is 17.3 Å². The van der Waals surface area contributed by atoms with Crippen molar-refractivity contribution in [2.75, 3.05) is 20.8 Å². The van der Waals surface area contributed by atoms with Crippen LogP contribution in [0.2, 0.25) is 0 Å². The molecule has 0 radical (unpaired) electrons. The normalized spacial score (nSPS) is 10.7. The Hall–Kier alpha value is -3.55. The molecular formula is C21H22N2O6. The number of nitrogens with zero attached hydrogens (tertiary/aromatic N) is 2. The number of Topliss-reactive ketones (excluding diaryl/α,β-unsaturated/α-hetero) is 1. The van der Waals surface area contributed by atoms with Crippen LogP contribution in [0.3, 0.4) is 0 Å². The molecule has 2 heterocycles. The van der Waals surface area contributed by atoms with E-state index >= 15 is 0 Å². The topological polar surface area (TPSA) is 92.8 Å². The van der Waals surface area contributed by atoms with Gasteiger partial charge >= 0.3 is 5.97 Å². The van der Waals surface area contributed by atoms with Crippen LogP contribution in [0.5, 0.6) is 11.5 Å². The molecule has 0 aliphatic heterocycles. The average Bonchev–Trinajstić information content (AvgIpc) is 3.26. The standard InChI is InChI=1S/C21H22N2O6/c1-12-9-15(14(3)23(12)19-10-13(2)29-22-19)16(24)11-28-21(25)20-17(26-4)7-6-8-18(20)27-5/h6-10H,11H2,1-5H3. The fourth-order valence-electron chi connectivity index (χ4n) is 3.19. The maximum absolute atomic E-state index is 12.7. The number of benzene rings is 1. The summed E-state index contributed by atoms with van der Waals surface area (Å²) in [5.41, 5.74) is 2.08. The van der Waals surface area contributed by atoms with E-state index in [0.717, 1.165) is 5.69 Å². The van der Waals surface area contributed by atoms with E-state index in [2.05, 4.69) is 5.16 Å². The average molecular weight is 398 g/mol. The van der Waals surface area contributed by atoms with Gasteiger partial charge in [-0.2, -0.15) is 0 Å². The Kier molecular flexibility index (Phi) is 5.72. The predicted octanol–water partition coefficient (Wildman–Crippen LogP) is 3.45. The molecule has 0 saturated heterocycles. The molecule has 1 aromatic carbocycles. The van der Waals surface area contributed by atoms with Crippen molar-refractivity contribution in [3.63, 3.8) is 0 Å². The van der Waals surface area contributed by atoms with Gasteiger partial charge in [-0.25, -0.2) is 4.79 Å². The van der Waals surface area contributed by atoms with Gasteiger partial charge in [0.15, 0.2) is 12.4 Å². The third kappa shape index (κ3) is 3.87. The molecule has 0 N–H and O–H groups in total. The second-order valence-corrected chi connectivity index (χ2v) is 6.45. The summed E-state index contributed by atoms with van der Waals surface area (Å²) in [6.07, 6.45) is 0. The number of esters is 1. The minimum absolute atomic E-state index is 0.133. The van der Waals surface area contributed by atoms with E-state index in [4.69, 9.17) is 18.7 Å². The lowest BCUT2D eigenvalue weighted by Crippen LogP contribution is -2.16. The molecule has 0 aliphatic rings. The second kappa shape index (κ2) is 8.22. The molecule has 0 bridgehead atoms. The highest BCUT2D eigenvalue weighted by atomic mass is 16.5. The highest BCUT2D eigenvalue weighted by Crippen LogP contribution is 2.29. The number of ketones is 1. The summed E-state index contributed by atoms with van der Waals surface area (Å²) in [6.45, 7) is 5.04. The van der Waals surface area contributed by atoms with E-state index in [-0.39, 0.29) is 11.3 Å². The van der Waals surface area contributed by atoms with Crippen molar-refractivity contribution >= 4 is 11.8 Å². The minimum atomic E-state index is -0.700. The van der Waals surface area contributed by atoms with Crippen molar-refractivity contribution < 1.29 is 28.3 Å². The first-order chi connectivity index (χ1) is 13.9. The van der Waals surface area contributed by atoms with Crippen molar-refractivity contribution in [2.45, 2.75) is 20.8 Å². The molecule has 0 aliphatic carbocycles. The summed E-state index contributed by atoms with van der Waals surface area (Å²) < 4.78 is 22.6. The van der Waals surface area contributed by atoms with Crippen molar-refractivity contribution in [2.24, 2.45) is 0 Å². The summed E-state index contributed by atoms with van der Waals surface area (Å²) >= 11 is 0. The van der Waals surface area contributed by atoms with Gasteiger partial charge in [-0.3, -0.25) is 9.36 Å². The first-order valence-corrected chi connectivity index (χ1v) is 8.91. The van der Waals surface area contributed by atoms with Crippen molar-refractivity contribution in [1.29, 1.82) is 0 Å². The lowest BCUT2D eigenvalue weighted by Gasteiger charge is -2.12. The first-order valence-electron chi connectivity index (χ1n) is 8.91. The van der Waals surface area contributed by atoms with Crippen LogP contribution >= 0.6 is 0 Å². The van der Waals surface area contributed by atoms with E-state index in [1.54, 1.807) is 44.2 Å². The molecule has 0 unspecified atom stereocenters. The van der Waals surface area contributed by atoms with Gasteiger partial charge in [0.25, 0.3) is 0 Å². The zero-order chi connectivity index (χ0) is 21.1. The van der Waals surface area contributed by atoms with E-state index < -0.39 is 12.6 Å². The maximum atomic E-state index is 12.7. The quantitative estimate of drug-likeness (QED) is 0.444. The second-order valence-electron chi connectivity index (χ2n) is 6.45. The Morgan fingerprint density at radius 3 is 2.28 bits per heavy atom. The highest BCUT2D eigenvalue weighted by molar-refractivity contribution is 6.01. The van der Waals surface area contributed by atoms with Crippen LogP contribution in [0.15, 0.2) is 34.9 Å². The van der Waals surface area contributed by atoms with Gasteiger partial charge < -0.3 is 18.7 Å². The number of hydrogen-bond donors (Lipinski definition) is 0. The van der Waals surface area contributed by atoms with Crippen molar-refractivity contribution in [1.82, 2.24) is 9.72 Å². The van der Waals surface area contributed by atoms with Gasteiger partial charge in [0.1, 0.15) is 22.8 Å². The third-order valence-electron chi connectivity index (χ3n) is 4.54. The summed E-state index contributed by atoms with van der Waals surface area (Å²) in [4.78, 5) is 25.3. The Morgan fingerprint density at radius 2 is 1.72 bits per heavy atom. The number of hydrogen-bond acceptors (Lipinski definition) is 7. The highest BCUT2D eigenvalue weighted by Gasteiger charge is 2.23. The molecule has 8 nitrogen and oxygen atoms in total. The Balaban J connectivity index is 1.80. The smallest absolute Gasteiger partial charge is 0.346 e. The number of ether oxygens (including phenoxy) is 3. The summed E-state index contributed by atoms with van der Waals surface area (Å²) in [7, 11) is 2.88. The van der Waals surface area contributed by atoms with Crippen molar-refractivity contribution in [3.05, 3.63) is 58.6 Å². The number of methoxy groups -OCH3 is 2. The predicted molar refractivity (Wildman–Crippen MR) is 104 cm³/mol. The van der Waals surface area contributed by atoms with Gasteiger partial charge in [-0.1, -0.05) is 11.2 Å². The zero-order valence-electron chi connectivity index (χ0n) is 16.9. The summed E-state index contributed by atoms with van der Waals surface area (Å²) in [5, 5.41) is 4.00. The zero-order valence-corrected chi connectivity index (χ0v) is 16.9. The number of carbonyl (C=O) groups excluding carboxylic acids is 2. The van der Waals surface area contributed by atoms with E-state index in [1.807, 2.05) is 11.5 Å². The van der Waals surface area contributed by atoms with Crippen LogP contribution in [0.1, 0.15) is 37.9 Å². The third-order valence-corrected chi connectivity index (χ3v) is 4.54. The number of aromatic nitrogens is 2. The Morgan fingerprint density at radius 1 is 1.07 bits per heavy atom. The van der Waals surface area contributed by atoms with Gasteiger partial charge in [0.2, 0.25) is 5.78 Å². The fraction of sp³-hybridized carbons (Fsp3) is 0.286. The molecule has 0 spiro atoms. The van der Waals surface area contributed by atoms with Gasteiger partial charge in [0.05, 0.1) is 14.2 Å². The molecule has 3 aromatic rings. The molecule has 0 fully saturated rings. The molecule has 0 atom stereocenters. The lowest BCUT2D eigenvalue weighted by atomic mass is 10.1. The maximum Gasteiger partial charge on any atom is 0.346 e. The molecule has 152 valence electrons. The number of aryl methyl sites for hydroxylation is 2. The fourth-order valence-corrected chi connectivity index (χ4v) is 3.19. The largest absolute Gasteiger partial charge is 0.496 e. The molecule has 0 saturated carbocycles. The van der Waals surface area contributed by atoms with Crippen LogP contribution in [-0.2, 0) is 4.74 Å². The molecule has 29 heavy (non-hydrogen) atoms. The van der Waals surface area contributed by atoms with Gasteiger partial charge in [0, 0.05) is 23.0 Å². The Labute approximate surface area is 168 Å². The summed E-state index contributed by atoms with van der Waals surface area (Å²) in [5.74, 6) is 0.843. The number of rotatable bonds is 7. The van der Waals surface area contributed by atoms with E-state index in [0.29, 0.717) is 34.3 Å². The number of carbonyl (C=O) groups is 2. The SMILES string of the molecule is COc1cccc(OC)c1C(=O)OCC(=O)c1cc(C)n(-c2cc(C)on2)c1C. The molecule has 0 amide bonds. The Bertz CT molecular complexity index is 1040. The van der Waals surface area contributed by atoms with Crippen LogP contribution in [0.25, 0.3) is 5.82 Å². The molecule has 3 rings (SSSR count). The molecule has 2 aromatic heterocycles. The van der Waals surface area contributed by atoms with E-state index in [9.17, 15) is 9.59 Å². The monoisotopic (exact) mass is 398 g/mol. The van der Waals surface area contributed by atoms with E-state index in [1.165, 1.54) is 14.2 Å². The van der Waals surface area contributed by atoms with Crippen LogP contribution in [-0.4, -0.2) is 42.3 Å². The van der Waals surface area contributed by atoms with Gasteiger partial charge in [-0.15, -0.1) is 0 Å². The van der Waals surface area contributed by atoms with Crippen LogP contribution < -0.4 is 9.47 Å². The van der Waals surface area contributed by atoms with Gasteiger partial charge in [-0.05, 0) is 39.0 Å². The molecular weight excluding hydrogens is 376 g/mol.